The molecule has 2 aromatic carbocycles. The molecule has 0 saturated carbocycles. The molecule has 31 heavy (non-hydrogen) atoms. The Balaban J connectivity index is 2.63. The SMILES string of the molecule is CCOC(=O)c1ccc(C=C(c2cc(C(C)(C)C)cc(C(C)(C)C)c2)[Si](C)(C)C)cc1. The molecule has 0 N–H and O–H groups in total. The van der Waals surface area contributed by atoms with E-state index in [1.54, 1.807) is 0 Å². The molecule has 0 unspecified atom stereocenters. The van der Waals surface area contributed by atoms with E-state index < -0.39 is 8.07 Å². The molecule has 2 nitrogen and oxygen atoms in total. The summed E-state index contributed by atoms with van der Waals surface area (Å²) >= 11 is 0. The number of carbonyl (C=O) groups excluding carboxylic acids is 1. The van der Waals surface area contributed by atoms with Gasteiger partial charge in [0.1, 0.15) is 0 Å². The first-order valence-electron chi connectivity index (χ1n) is 11.3. The maximum absolute atomic E-state index is 12.0. The maximum atomic E-state index is 12.0. The molecule has 0 aliphatic heterocycles. The smallest absolute Gasteiger partial charge is 0.338 e. The van der Waals surface area contributed by atoms with E-state index in [2.05, 4.69) is 85.5 Å². The Morgan fingerprint density at radius 2 is 1.32 bits per heavy atom. The molecule has 3 heteroatoms. The minimum Gasteiger partial charge on any atom is -0.462 e. The van der Waals surface area contributed by atoms with Crippen molar-refractivity contribution in [2.45, 2.75) is 78.9 Å². The lowest BCUT2D eigenvalue weighted by Gasteiger charge is -2.29. The summed E-state index contributed by atoms with van der Waals surface area (Å²) in [7, 11) is -1.65. The summed E-state index contributed by atoms with van der Waals surface area (Å²) in [5.41, 5.74) is 5.95. The Labute approximate surface area is 190 Å². The van der Waals surface area contributed by atoms with Crippen LogP contribution in [0.2, 0.25) is 19.6 Å². The molecule has 0 saturated heterocycles. The fraction of sp³-hybridized carbons (Fsp3) is 0.464. The normalized spacial score (nSPS) is 13.3. The van der Waals surface area contributed by atoms with Gasteiger partial charge in [-0.25, -0.2) is 4.79 Å². The van der Waals surface area contributed by atoms with Crippen molar-refractivity contribution in [3.05, 3.63) is 70.3 Å². The predicted octanol–water partition coefficient (Wildman–Crippen LogP) is 7.88. The van der Waals surface area contributed by atoms with Crippen LogP contribution in [0, 0.1) is 0 Å². The van der Waals surface area contributed by atoms with Crippen molar-refractivity contribution in [1.29, 1.82) is 0 Å². The molecule has 0 aliphatic carbocycles. The zero-order chi connectivity index (χ0) is 23.6. The summed E-state index contributed by atoms with van der Waals surface area (Å²) < 4.78 is 5.11. The van der Waals surface area contributed by atoms with Gasteiger partial charge in [0, 0.05) is 0 Å². The van der Waals surface area contributed by atoms with Gasteiger partial charge in [0.05, 0.1) is 20.2 Å². The second kappa shape index (κ2) is 9.16. The van der Waals surface area contributed by atoms with Gasteiger partial charge in [-0.3, -0.25) is 0 Å². The number of esters is 1. The van der Waals surface area contributed by atoms with Crippen molar-refractivity contribution in [1.82, 2.24) is 0 Å². The van der Waals surface area contributed by atoms with Crippen LogP contribution in [0.15, 0.2) is 42.5 Å². The van der Waals surface area contributed by atoms with Gasteiger partial charge in [-0.15, -0.1) is 0 Å². The minimum atomic E-state index is -1.65. The van der Waals surface area contributed by atoms with Crippen molar-refractivity contribution in [2.75, 3.05) is 6.61 Å². The summed E-state index contributed by atoms with van der Waals surface area (Å²) in [5, 5.41) is 1.42. The van der Waals surface area contributed by atoms with E-state index in [1.807, 2.05) is 31.2 Å². The molecule has 2 rings (SSSR count). The molecular formula is C28H40O2Si. The summed E-state index contributed by atoms with van der Waals surface area (Å²) in [6.07, 6.45) is 2.31. The molecule has 0 spiro atoms. The lowest BCUT2D eigenvalue weighted by atomic mass is 9.79. The fourth-order valence-electron chi connectivity index (χ4n) is 3.48. The van der Waals surface area contributed by atoms with Crippen LogP contribution >= 0.6 is 0 Å². The third kappa shape index (κ3) is 6.67. The first kappa shape index (κ1) is 25.1. The highest BCUT2D eigenvalue weighted by molar-refractivity contribution is 6.94. The first-order valence-corrected chi connectivity index (χ1v) is 14.8. The van der Waals surface area contributed by atoms with Crippen LogP contribution in [-0.4, -0.2) is 20.7 Å². The largest absolute Gasteiger partial charge is 0.462 e. The zero-order valence-electron chi connectivity index (χ0n) is 21.1. The van der Waals surface area contributed by atoms with E-state index in [-0.39, 0.29) is 16.8 Å². The van der Waals surface area contributed by atoms with Gasteiger partial charge in [-0.1, -0.05) is 103 Å². The Hall–Kier alpha value is -2.13. The lowest BCUT2D eigenvalue weighted by Crippen LogP contribution is -2.24. The Morgan fingerprint density at radius 3 is 1.71 bits per heavy atom. The summed E-state index contributed by atoms with van der Waals surface area (Å²) in [6.45, 7) is 23.1. The van der Waals surface area contributed by atoms with E-state index in [0.717, 1.165) is 5.56 Å². The molecule has 0 bridgehead atoms. The summed E-state index contributed by atoms with van der Waals surface area (Å²) in [4.78, 5) is 12.0. The van der Waals surface area contributed by atoms with Gasteiger partial charge in [0.15, 0.2) is 0 Å². The van der Waals surface area contributed by atoms with Crippen LogP contribution in [0.25, 0.3) is 11.3 Å². The van der Waals surface area contributed by atoms with E-state index in [0.29, 0.717) is 12.2 Å². The van der Waals surface area contributed by atoms with Gasteiger partial charge in [0.2, 0.25) is 0 Å². The quantitative estimate of drug-likeness (QED) is 0.271. The molecule has 0 atom stereocenters. The second-order valence-electron chi connectivity index (χ2n) is 11.4. The van der Waals surface area contributed by atoms with Crippen LogP contribution in [0.1, 0.15) is 81.1 Å². The number of rotatable bonds is 5. The van der Waals surface area contributed by atoms with Gasteiger partial charge in [0.25, 0.3) is 0 Å². The molecule has 0 fully saturated rings. The van der Waals surface area contributed by atoms with Gasteiger partial charge in [-0.05, 0) is 52.1 Å². The topological polar surface area (TPSA) is 26.3 Å². The van der Waals surface area contributed by atoms with Gasteiger partial charge < -0.3 is 4.74 Å². The van der Waals surface area contributed by atoms with Crippen molar-refractivity contribution >= 4 is 25.3 Å². The molecule has 0 aromatic heterocycles. The number of hydrogen-bond donors (Lipinski definition) is 0. The molecule has 0 amide bonds. The van der Waals surface area contributed by atoms with Crippen molar-refractivity contribution in [3.63, 3.8) is 0 Å². The highest BCUT2D eigenvalue weighted by atomic mass is 28.3. The maximum Gasteiger partial charge on any atom is 0.338 e. The van der Waals surface area contributed by atoms with Crippen LogP contribution in [0.5, 0.6) is 0 Å². The molecular weight excluding hydrogens is 396 g/mol. The van der Waals surface area contributed by atoms with E-state index in [9.17, 15) is 4.79 Å². The third-order valence-corrected chi connectivity index (χ3v) is 7.57. The molecule has 168 valence electrons. The van der Waals surface area contributed by atoms with Crippen LogP contribution in [0.4, 0.5) is 0 Å². The van der Waals surface area contributed by atoms with Crippen molar-refractivity contribution in [2.24, 2.45) is 0 Å². The van der Waals surface area contributed by atoms with Crippen molar-refractivity contribution in [3.8, 4) is 0 Å². The van der Waals surface area contributed by atoms with Crippen LogP contribution in [0.3, 0.4) is 0 Å². The number of benzene rings is 2. The Bertz CT molecular complexity index is 914. The fourth-order valence-corrected chi connectivity index (χ4v) is 5.09. The summed E-state index contributed by atoms with van der Waals surface area (Å²) in [5.74, 6) is -0.267. The summed E-state index contributed by atoms with van der Waals surface area (Å²) in [6, 6.07) is 14.9. The molecule has 2 aromatic rings. The Kier molecular flexibility index (Phi) is 7.42. The average molecular weight is 437 g/mol. The molecule has 0 radical (unpaired) electrons. The average Bonchev–Trinajstić information content (AvgIpc) is 2.64. The number of carbonyl (C=O) groups is 1. The molecule has 0 heterocycles. The number of hydrogen-bond acceptors (Lipinski definition) is 2. The number of ether oxygens (including phenoxy) is 1. The third-order valence-electron chi connectivity index (χ3n) is 5.52. The van der Waals surface area contributed by atoms with E-state index in [1.165, 1.54) is 21.9 Å². The monoisotopic (exact) mass is 436 g/mol. The zero-order valence-corrected chi connectivity index (χ0v) is 22.1. The van der Waals surface area contributed by atoms with E-state index in [4.69, 9.17) is 4.74 Å². The Morgan fingerprint density at radius 1 is 0.839 bits per heavy atom. The minimum absolute atomic E-state index is 0.0852. The van der Waals surface area contributed by atoms with Gasteiger partial charge in [-0.2, -0.15) is 0 Å². The van der Waals surface area contributed by atoms with Gasteiger partial charge >= 0.3 is 5.97 Å². The highest BCUT2D eigenvalue weighted by Crippen LogP contribution is 2.36. The van der Waals surface area contributed by atoms with E-state index >= 15 is 0 Å². The second-order valence-corrected chi connectivity index (χ2v) is 16.5. The van der Waals surface area contributed by atoms with Crippen molar-refractivity contribution < 1.29 is 9.53 Å². The first-order chi connectivity index (χ1) is 14.1. The van der Waals surface area contributed by atoms with Crippen LogP contribution < -0.4 is 0 Å². The standard InChI is InChI=1S/C28H40O2Si/c1-11-30-26(29)21-14-12-20(13-15-21)16-25(31(8,9)10)22-17-23(27(2,3)4)19-24(18-22)28(5,6)7/h12-19H,11H2,1-10H3. The molecule has 0 aliphatic rings. The predicted molar refractivity (Wildman–Crippen MR) is 137 cm³/mol. The lowest BCUT2D eigenvalue weighted by molar-refractivity contribution is 0.0526. The van der Waals surface area contributed by atoms with Crippen LogP contribution in [-0.2, 0) is 15.6 Å². The highest BCUT2D eigenvalue weighted by Gasteiger charge is 2.26.